The number of methoxy groups -OCH3 is 1. The van der Waals surface area contributed by atoms with E-state index in [0.29, 0.717) is 30.1 Å². The first kappa shape index (κ1) is 23.6. The van der Waals surface area contributed by atoms with Crippen LogP contribution in [-0.4, -0.2) is 19.1 Å². The summed E-state index contributed by atoms with van der Waals surface area (Å²) in [5, 5.41) is 12.5. The van der Waals surface area contributed by atoms with Gasteiger partial charge in [-0.25, -0.2) is 0 Å². The summed E-state index contributed by atoms with van der Waals surface area (Å²) >= 11 is 3.44. The Morgan fingerprint density at radius 2 is 2.00 bits per heavy atom. The molecule has 2 aromatic carbocycles. The summed E-state index contributed by atoms with van der Waals surface area (Å²) in [6, 6.07) is 13.8. The summed E-state index contributed by atoms with van der Waals surface area (Å²) in [7, 11) is 1.57. The minimum atomic E-state index is -0.334. The minimum absolute atomic E-state index is 0.0760. The van der Waals surface area contributed by atoms with Crippen molar-refractivity contribution < 1.29 is 14.3 Å². The number of nitriles is 1. The molecule has 3 rings (SSSR count). The Bertz CT molecular complexity index is 1030. The molecule has 0 unspecified atom stereocenters. The smallest absolute Gasteiger partial charge is 0.262 e. The van der Waals surface area contributed by atoms with Gasteiger partial charge in [-0.05, 0) is 60.7 Å². The molecular weight excluding hydrogens is 468 g/mol. The van der Waals surface area contributed by atoms with Crippen LogP contribution in [0.2, 0.25) is 0 Å². The molecule has 5 nitrogen and oxygen atoms in total. The first-order valence-electron chi connectivity index (χ1n) is 10.7. The third-order valence-corrected chi connectivity index (χ3v) is 5.93. The normalized spacial score (nSPS) is 14.0. The van der Waals surface area contributed by atoms with Crippen LogP contribution in [0.25, 0.3) is 6.08 Å². The minimum Gasteiger partial charge on any atom is -0.493 e. The van der Waals surface area contributed by atoms with Gasteiger partial charge >= 0.3 is 0 Å². The second-order valence-corrected chi connectivity index (χ2v) is 8.66. The number of ether oxygens (including phenoxy) is 2. The van der Waals surface area contributed by atoms with Crippen LogP contribution in [0.5, 0.6) is 11.5 Å². The molecule has 0 aliphatic heterocycles. The average Bonchev–Trinajstić information content (AvgIpc) is 3.30. The molecule has 1 fully saturated rings. The summed E-state index contributed by atoms with van der Waals surface area (Å²) in [6.07, 6.45) is 8.09. The third-order valence-electron chi connectivity index (χ3n) is 5.40. The number of amides is 1. The summed E-state index contributed by atoms with van der Waals surface area (Å²) in [4.78, 5) is 12.6. The number of allylic oxidation sites excluding steroid dienone is 1. The van der Waals surface area contributed by atoms with Gasteiger partial charge in [0.1, 0.15) is 18.2 Å². The van der Waals surface area contributed by atoms with Crippen molar-refractivity contribution in [1.29, 1.82) is 5.26 Å². The number of halogens is 1. The fraction of sp³-hybridized carbons (Fsp3) is 0.308. The number of nitrogens with one attached hydrogen (secondary N) is 1. The number of hydrogen-bond acceptors (Lipinski definition) is 4. The molecule has 2 aromatic rings. The van der Waals surface area contributed by atoms with E-state index >= 15 is 0 Å². The number of carbonyl (C=O) groups is 1. The van der Waals surface area contributed by atoms with Gasteiger partial charge in [0.25, 0.3) is 5.91 Å². The van der Waals surface area contributed by atoms with E-state index in [1.165, 1.54) is 0 Å². The molecule has 6 heteroatoms. The van der Waals surface area contributed by atoms with Crippen molar-refractivity contribution in [1.82, 2.24) is 5.32 Å². The van der Waals surface area contributed by atoms with E-state index in [9.17, 15) is 10.1 Å². The van der Waals surface area contributed by atoms with Gasteiger partial charge in [0, 0.05) is 16.1 Å². The lowest BCUT2D eigenvalue weighted by Crippen LogP contribution is -2.33. The molecule has 0 aromatic heterocycles. The molecule has 1 aliphatic carbocycles. The Balaban J connectivity index is 1.86. The van der Waals surface area contributed by atoms with E-state index in [0.717, 1.165) is 41.3 Å². The van der Waals surface area contributed by atoms with Gasteiger partial charge in [-0.15, -0.1) is 6.58 Å². The highest BCUT2D eigenvalue weighted by Crippen LogP contribution is 2.35. The van der Waals surface area contributed by atoms with Gasteiger partial charge in [-0.1, -0.05) is 47.0 Å². The zero-order valence-corrected chi connectivity index (χ0v) is 19.8. The molecule has 0 spiro atoms. The molecule has 0 atom stereocenters. The van der Waals surface area contributed by atoms with Crippen molar-refractivity contribution in [3.8, 4) is 17.6 Å². The lowest BCUT2D eigenvalue weighted by molar-refractivity contribution is -0.117. The second kappa shape index (κ2) is 11.5. The highest BCUT2D eigenvalue weighted by Gasteiger charge is 2.20. The van der Waals surface area contributed by atoms with Crippen LogP contribution in [0.3, 0.4) is 0 Å². The summed E-state index contributed by atoms with van der Waals surface area (Å²) in [5.74, 6) is 0.835. The van der Waals surface area contributed by atoms with Gasteiger partial charge < -0.3 is 14.8 Å². The first-order chi connectivity index (χ1) is 15.5. The predicted molar refractivity (Wildman–Crippen MR) is 129 cm³/mol. The van der Waals surface area contributed by atoms with E-state index in [2.05, 4.69) is 27.8 Å². The van der Waals surface area contributed by atoms with Gasteiger partial charge in [0.2, 0.25) is 0 Å². The molecule has 1 saturated carbocycles. The van der Waals surface area contributed by atoms with Crippen molar-refractivity contribution in [2.75, 3.05) is 7.11 Å². The fourth-order valence-electron chi connectivity index (χ4n) is 3.77. The van der Waals surface area contributed by atoms with Gasteiger partial charge in [-0.3, -0.25) is 4.79 Å². The number of rotatable bonds is 9. The lowest BCUT2D eigenvalue weighted by atomic mass is 10.0. The summed E-state index contributed by atoms with van der Waals surface area (Å²) < 4.78 is 12.7. The molecule has 0 bridgehead atoms. The fourth-order valence-corrected chi connectivity index (χ4v) is 4.04. The lowest BCUT2D eigenvalue weighted by Gasteiger charge is -2.16. The van der Waals surface area contributed by atoms with E-state index in [1.807, 2.05) is 36.4 Å². The largest absolute Gasteiger partial charge is 0.493 e. The molecule has 0 heterocycles. The quantitative estimate of drug-likeness (QED) is 0.274. The number of carbonyl (C=O) groups excluding carboxylic acids is 1. The Morgan fingerprint density at radius 3 is 2.62 bits per heavy atom. The first-order valence-corrected chi connectivity index (χ1v) is 11.4. The number of benzene rings is 2. The predicted octanol–water partition coefficient (Wildman–Crippen LogP) is 5.73. The highest BCUT2D eigenvalue weighted by molar-refractivity contribution is 9.10. The Kier molecular flexibility index (Phi) is 8.52. The van der Waals surface area contributed by atoms with E-state index in [1.54, 1.807) is 25.3 Å². The molecule has 1 amide bonds. The van der Waals surface area contributed by atoms with Crippen molar-refractivity contribution in [2.24, 2.45) is 0 Å². The molecule has 0 radical (unpaired) electrons. The van der Waals surface area contributed by atoms with Crippen molar-refractivity contribution in [3.05, 3.63) is 75.8 Å². The third kappa shape index (κ3) is 6.24. The molecule has 1 N–H and O–H groups in total. The topological polar surface area (TPSA) is 71.4 Å². The monoisotopic (exact) mass is 494 g/mol. The highest BCUT2D eigenvalue weighted by atomic mass is 79.9. The van der Waals surface area contributed by atoms with Crippen LogP contribution in [0.4, 0.5) is 0 Å². The van der Waals surface area contributed by atoms with Crippen LogP contribution in [0.1, 0.15) is 42.4 Å². The molecular formula is C26H27BrN2O3. The molecule has 32 heavy (non-hydrogen) atoms. The van der Waals surface area contributed by atoms with Crippen molar-refractivity contribution >= 4 is 27.9 Å². The van der Waals surface area contributed by atoms with Crippen LogP contribution < -0.4 is 14.8 Å². The maximum Gasteiger partial charge on any atom is 0.262 e. The van der Waals surface area contributed by atoms with Crippen LogP contribution >= 0.6 is 15.9 Å². The molecule has 1 aliphatic rings. The van der Waals surface area contributed by atoms with Crippen molar-refractivity contribution in [3.63, 3.8) is 0 Å². The number of hydrogen-bond donors (Lipinski definition) is 1. The molecule has 0 saturated heterocycles. The second-order valence-electron chi connectivity index (χ2n) is 7.74. The van der Waals surface area contributed by atoms with E-state index in [-0.39, 0.29) is 17.5 Å². The maximum absolute atomic E-state index is 12.6. The van der Waals surface area contributed by atoms with Crippen LogP contribution in [0, 0.1) is 11.3 Å². The Labute approximate surface area is 197 Å². The standard InChI is InChI=1S/C26H27BrN2O3/c1-3-6-20-13-19(14-21(16-28)26(30)29-23-7-4-5-8-23)15-24(31-2)25(20)32-17-18-9-11-22(27)12-10-18/h3,9-15,23H,1,4-8,17H2,2H3,(H,29,30)/b21-14-. The molecule has 166 valence electrons. The Morgan fingerprint density at radius 1 is 1.28 bits per heavy atom. The van der Waals surface area contributed by atoms with Gasteiger partial charge in [0.15, 0.2) is 11.5 Å². The Hall–Kier alpha value is -3.04. The zero-order valence-electron chi connectivity index (χ0n) is 18.2. The van der Waals surface area contributed by atoms with Gasteiger partial charge in [0.05, 0.1) is 7.11 Å². The van der Waals surface area contributed by atoms with Crippen LogP contribution in [0.15, 0.2) is 59.1 Å². The zero-order chi connectivity index (χ0) is 22.9. The summed E-state index contributed by atoms with van der Waals surface area (Å²) in [6.45, 7) is 4.22. The average molecular weight is 495 g/mol. The van der Waals surface area contributed by atoms with E-state index in [4.69, 9.17) is 9.47 Å². The van der Waals surface area contributed by atoms with Crippen LogP contribution in [-0.2, 0) is 17.8 Å². The number of nitrogens with zero attached hydrogens (tertiary/aromatic N) is 1. The van der Waals surface area contributed by atoms with Crippen molar-refractivity contribution in [2.45, 2.75) is 44.8 Å². The van der Waals surface area contributed by atoms with E-state index < -0.39 is 0 Å². The van der Waals surface area contributed by atoms with Gasteiger partial charge in [-0.2, -0.15) is 5.26 Å². The maximum atomic E-state index is 12.6. The summed E-state index contributed by atoms with van der Waals surface area (Å²) in [5.41, 5.74) is 2.68. The SMILES string of the molecule is C=CCc1cc(/C=C(/C#N)C(=O)NC2CCCC2)cc(OC)c1OCc1ccc(Br)cc1.